The zero-order chi connectivity index (χ0) is 15.8. The van der Waals surface area contributed by atoms with Crippen LogP contribution < -0.4 is 5.32 Å². The summed E-state index contributed by atoms with van der Waals surface area (Å²) in [6.07, 6.45) is 6.16. The highest BCUT2D eigenvalue weighted by molar-refractivity contribution is 5.87. The first-order chi connectivity index (χ1) is 11.2. The highest BCUT2D eigenvalue weighted by atomic mass is 16.4. The quantitative estimate of drug-likeness (QED) is 0.769. The van der Waals surface area contributed by atoms with Gasteiger partial charge in [-0.1, -0.05) is 0 Å². The van der Waals surface area contributed by atoms with Gasteiger partial charge in [0.2, 0.25) is 11.8 Å². The number of anilines is 1. The second-order valence-corrected chi connectivity index (χ2v) is 6.30. The Morgan fingerprint density at radius 3 is 3.00 bits per heavy atom. The first-order valence-electron chi connectivity index (χ1n) is 8.04. The van der Waals surface area contributed by atoms with Crippen LogP contribution >= 0.6 is 0 Å². The minimum absolute atomic E-state index is 0.427. The van der Waals surface area contributed by atoms with Crippen molar-refractivity contribution >= 4 is 16.9 Å². The van der Waals surface area contributed by atoms with E-state index in [1.54, 1.807) is 0 Å². The summed E-state index contributed by atoms with van der Waals surface area (Å²) in [7, 11) is 0. The van der Waals surface area contributed by atoms with Gasteiger partial charge in [-0.05, 0) is 38.2 Å². The van der Waals surface area contributed by atoms with E-state index in [2.05, 4.69) is 30.5 Å². The van der Waals surface area contributed by atoms with Crippen molar-refractivity contribution < 1.29 is 4.42 Å². The summed E-state index contributed by atoms with van der Waals surface area (Å²) in [5, 5.41) is 12.6. The number of nitrogens with zero attached hydrogens (tertiary/aromatic N) is 4. The van der Waals surface area contributed by atoms with Gasteiger partial charge in [-0.25, -0.2) is 9.97 Å². The molecule has 7 heteroatoms. The zero-order valence-corrected chi connectivity index (χ0v) is 13.3. The molecule has 2 N–H and O–H groups in total. The Balaban J connectivity index is 1.44. The predicted octanol–water partition coefficient (Wildman–Crippen LogP) is 2.78. The third-order valence-corrected chi connectivity index (χ3v) is 4.44. The topological polar surface area (TPSA) is 92.5 Å². The molecular formula is C16H20N6O. The molecule has 2 atom stereocenters. The van der Waals surface area contributed by atoms with E-state index in [4.69, 9.17) is 4.42 Å². The molecule has 0 spiro atoms. The normalized spacial score (nSPS) is 21.1. The van der Waals surface area contributed by atoms with Gasteiger partial charge in [-0.3, -0.25) is 0 Å². The molecule has 23 heavy (non-hydrogen) atoms. The van der Waals surface area contributed by atoms with Gasteiger partial charge in [0.1, 0.15) is 17.3 Å². The second-order valence-electron chi connectivity index (χ2n) is 6.30. The van der Waals surface area contributed by atoms with E-state index in [1.165, 1.54) is 6.42 Å². The monoisotopic (exact) mass is 312 g/mol. The molecule has 3 heterocycles. The van der Waals surface area contributed by atoms with Gasteiger partial charge in [0.15, 0.2) is 0 Å². The molecule has 0 bridgehead atoms. The fourth-order valence-electron chi connectivity index (χ4n) is 3.41. The molecule has 0 aliphatic heterocycles. The van der Waals surface area contributed by atoms with Gasteiger partial charge in [-0.2, -0.15) is 0 Å². The Bertz CT molecular complexity index is 823. The SMILES string of the molecule is Cc1nc(N[C@H]2CC[C@@H](Cc3nnc(C)o3)C2)c2cc[nH]c2n1. The lowest BCUT2D eigenvalue weighted by molar-refractivity contribution is 0.416. The molecule has 7 nitrogen and oxygen atoms in total. The molecule has 1 aliphatic carbocycles. The third kappa shape index (κ3) is 2.91. The van der Waals surface area contributed by atoms with E-state index >= 15 is 0 Å². The van der Waals surface area contributed by atoms with Crippen molar-refractivity contribution in [3.8, 4) is 0 Å². The Morgan fingerprint density at radius 2 is 2.17 bits per heavy atom. The van der Waals surface area contributed by atoms with Crippen LogP contribution in [0, 0.1) is 19.8 Å². The minimum atomic E-state index is 0.427. The molecule has 120 valence electrons. The van der Waals surface area contributed by atoms with Crippen LogP contribution in [-0.2, 0) is 6.42 Å². The number of aromatic nitrogens is 5. The summed E-state index contributed by atoms with van der Waals surface area (Å²) in [6.45, 7) is 3.75. The summed E-state index contributed by atoms with van der Waals surface area (Å²) in [5.74, 6) is 3.67. The summed E-state index contributed by atoms with van der Waals surface area (Å²) in [5.41, 5.74) is 0.885. The number of nitrogens with one attached hydrogen (secondary N) is 2. The van der Waals surface area contributed by atoms with Crippen LogP contribution in [0.15, 0.2) is 16.7 Å². The van der Waals surface area contributed by atoms with Crippen molar-refractivity contribution in [3.05, 3.63) is 29.9 Å². The molecule has 1 saturated carbocycles. The van der Waals surface area contributed by atoms with Crippen LogP contribution in [0.3, 0.4) is 0 Å². The summed E-state index contributed by atoms with van der Waals surface area (Å²) >= 11 is 0. The van der Waals surface area contributed by atoms with E-state index in [-0.39, 0.29) is 0 Å². The number of H-pyrrole nitrogens is 1. The van der Waals surface area contributed by atoms with Gasteiger partial charge in [0, 0.05) is 25.6 Å². The predicted molar refractivity (Wildman–Crippen MR) is 86.1 cm³/mol. The van der Waals surface area contributed by atoms with Gasteiger partial charge in [-0.15, -0.1) is 10.2 Å². The Labute approximate surface area is 133 Å². The molecular weight excluding hydrogens is 292 g/mol. The number of aromatic amines is 1. The standard InChI is InChI=1S/C16H20N6O/c1-9-18-15-13(5-6-17-15)16(19-9)20-12-4-3-11(7-12)8-14-22-21-10(2)23-14/h5-6,11-12H,3-4,7-8H2,1-2H3,(H2,17,18,19,20)/t11-,12+/m1/s1. The maximum Gasteiger partial charge on any atom is 0.216 e. The molecule has 0 unspecified atom stereocenters. The Morgan fingerprint density at radius 1 is 1.26 bits per heavy atom. The summed E-state index contributed by atoms with van der Waals surface area (Å²) in [6, 6.07) is 2.45. The summed E-state index contributed by atoms with van der Waals surface area (Å²) < 4.78 is 5.49. The third-order valence-electron chi connectivity index (χ3n) is 4.44. The van der Waals surface area contributed by atoms with Gasteiger partial charge in [0.05, 0.1) is 5.39 Å². The molecule has 0 aromatic carbocycles. The lowest BCUT2D eigenvalue weighted by Gasteiger charge is -2.14. The average Bonchev–Trinajstić information content (AvgIpc) is 3.21. The second kappa shape index (κ2) is 5.64. The van der Waals surface area contributed by atoms with Crippen molar-refractivity contribution in [3.63, 3.8) is 0 Å². The van der Waals surface area contributed by atoms with Crippen LogP contribution in [0.1, 0.15) is 36.9 Å². The average molecular weight is 312 g/mol. The van der Waals surface area contributed by atoms with Crippen molar-refractivity contribution in [1.82, 2.24) is 25.1 Å². The van der Waals surface area contributed by atoms with Crippen molar-refractivity contribution in [1.29, 1.82) is 0 Å². The van der Waals surface area contributed by atoms with Gasteiger partial charge >= 0.3 is 0 Å². The lowest BCUT2D eigenvalue weighted by atomic mass is 10.0. The molecule has 3 aromatic rings. The maximum absolute atomic E-state index is 5.49. The maximum atomic E-state index is 5.49. The van der Waals surface area contributed by atoms with Crippen LogP contribution in [0.2, 0.25) is 0 Å². The van der Waals surface area contributed by atoms with Crippen LogP contribution in [0.25, 0.3) is 11.0 Å². The number of hydrogen-bond donors (Lipinski definition) is 2. The van der Waals surface area contributed by atoms with E-state index in [0.717, 1.165) is 47.8 Å². The van der Waals surface area contributed by atoms with E-state index in [9.17, 15) is 0 Å². The van der Waals surface area contributed by atoms with Gasteiger partial charge < -0.3 is 14.7 Å². The lowest BCUT2D eigenvalue weighted by Crippen LogP contribution is -2.17. The van der Waals surface area contributed by atoms with E-state index in [0.29, 0.717) is 17.9 Å². The van der Waals surface area contributed by atoms with E-state index in [1.807, 2.05) is 26.1 Å². The molecule has 1 aliphatic rings. The number of rotatable bonds is 4. The highest BCUT2D eigenvalue weighted by Crippen LogP contribution is 2.31. The highest BCUT2D eigenvalue weighted by Gasteiger charge is 2.27. The number of hydrogen-bond acceptors (Lipinski definition) is 6. The molecule has 4 rings (SSSR count). The zero-order valence-electron chi connectivity index (χ0n) is 13.3. The van der Waals surface area contributed by atoms with Crippen LogP contribution in [0.4, 0.5) is 5.82 Å². The Kier molecular flexibility index (Phi) is 3.48. The fraction of sp³-hybridized carbons (Fsp3) is 0.500. The largest absolute Gasteiger partial charge is 0.426 e. The van der Waals surface area contributed by atoms with Crippen molar-refractivity contribution in [2.24, 2.45) is 5.92 Å². The van der Waals surface area contributed by atoms with E-state index < -0.39 is 0 Å². The minimum Gasteiger partial charge on any atom is -0.426 e. The first-order valence-corrected chi connectivity index (χ1v) is 8.04. The van der Waals surface area contributed by atoms with Gasteiger partial charge in [0.25, 0.3) is 0 Å². The molecule has 3 aromatic heterocycles. The smallest absolute Gasteiger partial charge is 0.216 e. The molecule has 1 fully saturated rings. The number of fused-ring (bicyclic) bond motifs is 1. The number of aryl methyl sites for hydroxylation is 2. The van der Waals surface area contributed by atoms with Crippen molar-refractivity contribution in [2.75, 3.05) is 5.32 Å². The first kappa shape index (κ1) is 14.2. The Hall–Kier alpha value is -2.44. The molecule has 0 saturated heterocycles. The van der Waals surface area contributed by atoms with Crippen LogP contribution in [-0.4, -0.2) is 31.2 Å². The molecule has 0 radical (unpaired) electrons. The fourth-order valence-corrected chi connectivity index (χ4v) is 3.41. The van der Waals surface area contributed by atoms with Crippen LogP contribution in [0.5, 0.6) is 0 Å². The van der Waals surface area contributed by atoms with Crippen molar-refractivity contribution in [2.45, 2.75) is 45.6 Å². The molecule has 0 amide bonds. The summed E-state index contributed by atoms with van der Waals surface area (Å²) in [4.78, 5) is 12.1.